The van der Waals surface area contributed by atoms with Gasteiger partial charge in [0.05, 0.1) is 16.8 Å². The summed E-state index contributed by atoms with van der Waals surface area (Å²) >= 11 is 5.04. The molecular weight excluding hydrogens is 450 g/mol. The molecule has 0 N–H and O–H groups in total. The summed E-state index contributed by atoms with van der Waals surface area (Å²) in [5.41, 5.74) is 1.51. The van der Waals surface area contributed by atoms with Crippen LogP contribution in [-0.2, 0) is 0 Å². The van der Waals surface area contributed by atoms with E-state index >= 15 is 0 Å². The number of unbranched alkanes of at least 4 members (excludes halogenated alkanes) is 1. The number of fused-ring (bicyclic) bond motifs is 1. The van der Waals surface area contributed by atoms with Crippen molar-refractivity contribution in [1.82, 2.24) is 9.88 Å². The number of carbonyl (C=O) groups is 1. The molecule has 3 rings (SSSR count). The van der Waals surface area contributed by atoms with Crippen molar-refractivity contribution in [2.45, 2.75) is 19.8 Å². The first-order chi connectivity index (χ1) is 14.0. The number of amides is 1. The van der Waals surface area contributed by atoms with Gasteiger partial charge in [0.25, 0.3) is 5.91 Å². The molecule has 154 valence electrons. The molecule has 7 heteroatoms. The second kappa shape index (κ2) is 10.2. The van der Waals surface area contributed by atoms with Crippen molar-refractivity contribution in [3.05, 3.63) is 52.5 Å². The van der Waals surface area contributed by atoms with E-state index in [0.717, 1.165) is 39.8 Å². The number of hydrogen-bond donors (Lipinski definition) is 0. The third-order valence-corrected chi connectivity index (χ3v) is 5.97. The molecule has 5 nitrogen and oxygen atoms in total. The van der Waals surface area contributed by atoms with Crippen molar-refractivity contribution >= 4 is 48.5 Å². The number of nitrogens with zero attached hydrogens (tertiary/aromatic N) is 3. The molecule has 2 aromatic carbocycles. The largest absolute Gasteiger partial charge is 0.494 e. The van der Waals surface area contributed by atoms with Crippen molar-refractivity contribution in [1.29, 1.82) is 0 Å². The molecule has 0 spiro atoms. The van der Waals surface area contributed by atoms with Crippen LogP contribution in [0.2, 0.25) is 0 Å². The van der Waals surface area contributed by atoms with E-state index in [0.29, 0.717) is 23.8 Å². The zero-order chi connectivity index (χ0) is 20.8. The Morgan fingerprint density at radius 3 is 2.76 bits per heavy atom. The van der Waals surface area contributed by atoms with Gasteiger partial charge in [-0.3, -0.25) is 9.69 Å². The maximum atomic E-state index is 13.4. The molecule has 1 amide bonds. The molecule has 0 radical (unpaired) electrons. The Labute approximate surface area is 184 Å². The average molecular weight is 476 g/mol. The molecule has 0 unspecified atom stereocenters. The highest BCUT2D eigenvalue weighted by Gasteiger charge is 2.22. The second-order valence-electron chi connectivity index (χ2n) is 7.10. The monoisotopic (exact) mass is 475 g/mol. The van der Waals surface area contributed by atoms with Gasteiger partial charge in [0, 0.05) is 23.1 Å². The zero-order valence-corrected chi connectivity index (χ0v) is 19.4. The van der Waals surface area contributed by atoms with E-state index in [-0.39, 0.29) is 5.91 Å². The van der Waals surface area contributed by atoms with Gasteiger partial charge in [-0.1, -0.05) is 46.7 Å². The topological polar surface area (TPSA) is 45.7 Å². The maximum Gasteiger partial charge on any atom is 0.260 e. The molecule has 29 heavy (non-hydrogen) atoms. The third kappa shape index (κ3) is 5.78. The van der Waals surface area contributed by atoms with Crippen LogP contribution < -0.4 is 9.64 Å². The Hall–Kier alpha value is -1.96. The molecule has 1 aromatic heterocycles. The quantitative estimate of drug-likeness (QED) is 0.386. The minimum atomic E-state index is -0.0640. The summed E-state index contributed by atoms with van der Waals surface area (Å²) < 4.78 is 7.84. The van der Waals surface area contributed by atoms with E-state index in [1.807, 2.05) is 56.6 Å². The van der Waals surface area contributed by atoms with E-state index in [2.05, 4.69) is 27.8 Å². The summed E-state index contributed by atoms with van der Waals surface area (Å²) in [5, 5.41) is 0.710. The molecule has 0 aliphatic heterocycles. The van der Waals surface area contributed by atoms with Gasteiger partial charge >= 0.3 is 0 Å². The Kier molecular flexibility index (Phi) is 7.64. The molecule has 0 atom stereocenters. The van der Waals surface area contributed by atoms with Crippen molar-refractivity contribution < 1.29 is 9.53 Å². The molecule has 0 aliphatic rings. The molecule has 0 aliphatic carbocycles. The van der Waals surface area contributed by atoms with Gasteiger partial charge in [0.1, 0.15) is 5.75 Å². The number of aromatic nitrogens is 1. The molecular formula is C22H26BrN3O2S. The highest BCUT2D eigenvalue weighted by molar-refractivity contribution is 9.10. The molecule has 0 saturated heterocycles. The molecule has 3 aromatic rings. The van der Waals surface area contributed by atoms with Gasteiger partial charge in [-0.05, 0) is 56.9 Å². The predicted molar refractivity (Wildman–Crippen MR) is 124 cm³/mol. The zero-order valence-electron chi connectivity index (χ0n) is 17.0. The van der Waals surface area contributed by atoms with Crippen LogP contribution in [0.25, 0.3) is 10.2 Å². The van der Waals surface area contributed by atoms with Crippen molar-refractivity contribution in [2.75, 3.05) is 38.7 Å². The fraction of sp³-hybridized carbons (Fsp3) is 0.364. The lowest BCUT2D eigenvalue weighted by Crippen LogP contribution is -2.36. The fourth-order valence-corrected chi connectivity index (χ4v) is 4.34. The summed E-state index contributed by atoms with van der Waals surface area (Å²) in [6, 6.07) is 13.4. The molecule has 0 bridgehead atoms. The van der Waals surface area contributed by atoms with Gasteiger partial charge in [-0.25, -0.2) is 4.98 Å². The normalized spacial score (nSPS) is 11.2. The highest BCUT2D eigenvalue weighted by atomic mass is 79.9. The maximum absolute atomic E-state index is 13.4. The van der Waals surface area contributed by atoms with Crippen LogP contribution in [-0.4, -0.2) is 49.6 Å². The minimum Gasteiger partial charge on any atom is -0.494 e. The summed E-state index contributed by atoms with van der Waals surface area (Å²) in [6.45, 7) is 4.10. The van der Waals surface area contributed by atoms with Crippen molar-refractivity contribution in [3.8, 4) is 5.75 Å². The SMILES string of the molecule is CCCCOc1cccc(C(=O)N(CCN(C)C)c2nc3ccc(Br)cc3s2)c1. The Morgan fingerprint density at radius 2 is 2.00 bits per heavy atom. The summed E-state index contributed by atoms with van der Waals surface area (Å²) in [6.07, 6.45) is 2.07. The van der Waals surface area contributed by atoms with Gasteiger partial charge in [0.2, 0.25) is 0 Å². The summed E-state index contributed by atoms with van der Waals surface area (Å²) in [4.78, 5) is 21.9. The van der Waals surface area contributed by atoms with E-state index < -0.39 is 0 Å². The average Bonchev–Trinajstić information content (AvgIpc) is 3.11. The van der Waals surface area contributed by atoms with Crippen molar-refractivity contribution in [3.63, 3.8) is 0 Å². The molecule has 0 saturated carbocycles. The smallest absolute Gasteiger partial charge is 0.260 e. The third-order valence-electron chi connectivity index (χ3n) is 4.43. The van der Waals surface area contributed by atoms with Gasteiger partial charge in [-0.2, -0.15) is 0 Å². The number of ether oxygens (including phenoxy) is 1. The summed E-state index contributed by atoms with van der Waals surface area (Å²) in [5.74, 6) is 0.663. The van der Waals surface area contributed by atoms with E-state index in [4.69, 9.17) is 9.72 Å². The first-order valence-electron chi connectivity index (χ1n) is 9.73. The number of likely N-dealkylation sites (N-methyl/N-ethyl adjacent to an activating group) is 1. The highest BCUT2D eigenvalue weighted by Crippen LogP contribution is 2.32. The number of anilines is 1. The van der Waals surface area contributed by atoms with Crippen LogP contribution in [0, 0.1) is 0 Å². The molecule has 1 heterocycles. The lowest BCUT2D eigenvalue weighted by Gasteiger charge is -2.22. The first kappa shape index (κ1) is 21.7. The van der Waals surface area contributed by atoms with E-state index in [1.54, 1.807) is 4.90 Å². The lowest BCUT2D eigenvalue weighted by molar-refractivity contribution is 0.0984. The van der Waals surface area contributed by atoms with E-state index in [1.165, 1.54) is 11.3 Å². The first-order valence-corrected chi connectivity index (χ1v) is 11.3. The lowest BCUT2D eigenvalue weighted by atomic mass is 10.2. The van der Waals surface area contributed by atoms with E-state index in [9.17, 15) is 4.79 Å². The Bertz CT molecular complexity index is 974. The number of hydrogen-bond acceptors (Lipinski definition) is 5. The second-order valence-corrected chi connectivity index (χ2v) is 9.02. The molecule has 0 fully saturated rings. The van der Waals surface area contributed by atoms with Crippen molar-refractivity contribution in [2.24, 2.45) is 0 Å². The minimum absolute atomic E-state index is 0.0640. The Balaban J connectivity index is 1.89. The van der Waals surface area contributed by atoms with Crippen LogP contribution in [0.4, 0.5) is 5.13 Å². The number of benzene rings is 2. The number of thiazole rings is 1. The van der Waals surface area contributed by atoms with Crippen LogP contribution in [0.15, 0.2) is 46.9 Å². The number of rotatable bonds is 9. The van der Waals surface area contributed by atoms with Gasteiger partial charge < -0.3 is 9.64 Å². The number of carbonyl (C=O) groups excluding carboxylic acids is 1. The van der Waals surface area contributed by atoms with Gasteiger partial charge in [0.15, 0.2) is 5.13 Å². The standard InChI is InChI=1S/C22H26BrN3O2S/c1-4-5-13-28-18-8-6-7-16(14-18)21(27)26(12-11-25(2)3)22-24-19-10-9-17(23)15-20(19)29-22/h6-10,14-15H,4-5,11-13H2,1-3H3. The van der Waals surface area contributed by atoms with Gasteiger partial charge in [-0.15, -0.1) is 0 Å². The van der Waals surface area contributed by atoms with Crippen LogP contribution in [0.5, 0.6) is 5.75 Å². The summed E-state index contributed by atoms with van der Waals surface area (Å²) in [7, 11) is 4.00. The van der Waals surface area contributed by atoms with Crippen LogP contribution >= 0.6 is 27.3 Å². The fourth-order valence-electron chi connectivity index (χ4n) is 2.79. The van der Waals surface area contributed by atoms with Crippen LogP contribution in [0.3, 0.4) is 0 Å². The van der Waals surface area contributed by atoms with Crippen LogP contribution in [0.1, 0.15) is 30.1 Å². The predicted octanol–water partition coefficient (Wildman–Crippen LogP) is 5.45. The number of halogens is 1. The Morgan fingerprint density at radius 1 is 1.17 bits per heavy atom.